The van der Waals surface area contributed by atoms with Crippen LogP contribution in [-0.2, 0) is 52.3 Å². The molecule has 5 heterocycles. The predicted octanol–water partition coefficient (Wildman–Crippen LogP) is 0.430. The molecule has 0 radical (unpaired) electrons. The Bertz CT molecular complexity index is 2030. The van der Waals surface area contributed by atoms with E-state index in [9.17, 15) is 60.3 Å². The molecule has 2 bridgehead atoms. The summed E-state index contributed by atoms with van der Waals surface area (Å²) in [5.74, 6) is -2.50. The van der Waals surface area contributed by atoms with Gasteiger partial charge in [-0.05, 0) is 85.0 Å². The number of fused-ring (bicyclic) bond motifs is 5. The molecule has 2 spiro atoms. The molecule has 20 heteroatoms. The van der Waals surface area contributed by atoms with Gasteiger partial charge in [-0.15, -0.1) is 0 Å². The average molecular weight is 983 g/mol. The molecule has 0 aromatic carbocycles. The number of aliphatic hydroxyl groups excluding tert-OH is 8. The fraction of sp³-hybridized carbons (Fsp3) is 0.898. The number of hydrogen-bond donors (Lipinski definition) is 9. The van der Waals surface area contributed by atoms with E-state index in [0.29, 0.717) is 38.5 Å². The second-order valence-corrected chi connectivity index (χ2v) is 23.8. The summed E-state index contributed by atoms with van der Waals surface area (Å²) in [6.45, 7) is 15.4. The van der Waals surface area contributed by atoms with Gasteiger partial charge in [0.1, 0.15) is 78.2 Å². The third-order valence-corrected chi connectivity index (χ3v) is 19.1. The van der Waals surface area contributed by atoms with Crippen molar-refractivity contribution in [1.82, 2.24) is 0 Å². The summed E-state index contributed by atoms with van der Waals surface area (Å²) < 4.78 is 49.4. The highest BCUT2D eigenvalue weighted by molar-refractivity contribution is 5.84. The molecule has 5 aliphatic heterocycles. The van der Waals surface area contributed by atoms with Crippen LogP contribution in [-0.4, -0.2) is 181 Å². The number of esters is 2. The van der Waals surface area contributed by atoms with Gasteiger partial charge in [0, 0.05) is 24.2 Å². The number of aliphatic hydroxyl groups is 8. The highest BCUT2D eigenvalue weighted by Crippen LogP contribution is 2.77. The van der Waals surface area contributed by atoms with Crippen LogP contribution < -0.4 is 0 Å². The average Bonchev–Trinajstić information content (AvgIpc) is 3.26. The number of hydrogen-bond acceptors (Lipinski definition) is 19. The van der Waals surface area contributed by atoms with E-state index in [2.05, 4.69) is 54.5 Å². The molecule has 69 heavy (non-hydrogen) atoms. The van der Waals surface area contributed by atoms with Gasteiger partial charge in [0.05, 0.1) is 19.3 Å². The van der Waals surface area contributed by atoms with Gasteiger partial charge < -0.3 is 83.9 Å². The first-order chi connectivity index (χ1) is 32.2. The largest absolute Gasteiger partial charge is 0.479 e. The number of carboxylic acids is 1. The van der Waals surface area contributed by atoms with Crippen LogP contribution in [0.4, 0.5) is 0 Å². The van der Waals surface area contributed by atoms with Gasteiger partial charge in [-0.2, -0.15) is 0 Å². The first-order valence-corrected chi connectivity index (χ1v) is 24.8. The molecule has 24 atom stereocenters. The molecule has 9 N–H and O–H groups in total. The smallest absolute Gasteiger partial charge is 0.335 e. The van der Waals surface area contributed by atoms with E-state index >= 15 is 0 Å². The molecule has 390 valence electrons. The Hall–Kier alpha value is -2.41. The van der Waals surface area contributed by atoms with Crippen LogP contribution >= 0.6 is 0 Å². The van der Waals surface area contributed by atoms with Crippen molar-refractivity contribution >= 4 is 17.9 Å². The molecule has 10 aliphatic rings. The number of carbonyl (C=O) groups excluding carboxylic acids is 2. The summed E-state index contributed by atoms with van der Waals surface area (Å²) in [6.07, 6.45) is -19.0. The minimum Gasteiger partial charge on any atom is -0.479 e. The van der Waals surface area contributed by atoms with Crippen molar-refractivity contribution in [2.75, 3.05) is 13.2 Å². The topological polar surface area (TPSA) is 307 Å². The third-order valence-electron chi connectivity index (χ3n) is 19.1. The number of rotatable bonds is 9. The third kappa shape index (κ3) is 7.62. The summed E-state index contributed by atoms with van der Waals surface area (Å²) in [7, 11) is 0. The number of carbonyl (C=O) groups is 3. The van der Waals surface area contributed by atoms with Crippen LogP contribution in [0.15, 0.2) is 11.6 Å². The molecule has 5 aliphatic carbocycles. The number of carboxylic acid groups (broad SMARTS) is 1. The highest BCUT2D eigenvalue weighted by Gasteiger charge is 2.79. The summed E-state index contributed by atoms with van der Waals surface area (Å²) in [6, 6.07) is 0. The summed E-state index contributed by atoms with van der Waals surface area (Å²) in [5.41, 5.74) is -2.39. The molecule has 9 fully saturated rings. The maximum Gasteiger partial charge on any atom is 0.335 e. The molecule has 20 nitrogen and oxygen atoms in total. The van der Waals surface area contributed by atoms with Gasteiger partial charge in [-0.1, -0.05) is 54.5 Å². The standard InChI is InChI=1S/C49H74O20/c1-20-15-48-23(16-44(3,4)17-29(48)63-21(2)51)22-9-10-27-46(7)13-12-28(45(5,6)26(46)11-14-47(27,8)49(20,22)69-43(48)61)65-42-38(68-41-34(57)32(55)31(54)25(18-50)64-41)36(35(58)37(67-42)39(59)60)66-40-33(56)30(53)24(52)19-62-40/h9,20,23-38,40-42,50,52-58H,10-19H2,1-8H3,(H,59,60)/t20-,23+,24+,25+,26-,27+,28-,29-,30-,31+,32-,33+,34+,35-,36-,37-,38+,40-,41-,42+,46-,47+,48-,49+/m0/s1. The maximum atomic E-state index is 14.8. The minimum atomic E-state index is -2.08. The Labute approximate surface area is 401 Å². The van der Waals surface area contributed by atoms with Crippen LogP contribution in [0.1, 0.15) is 107 Å². The van der Waals surface area contributed by atoms with Crippen molar-refractivity contribution in [1.29, 1.82) is 0 Å². The molecular formula is C49H74O20. The van der Waals surface area contributed by atoms with E-state index in [1.165, 1.54) is 6.92 Å². The lowest BCUT2D eigenvalue weighted by Crippen LogP contribution is -2.77. The molecular weight excluding hydrogens is 909 g/mol. The van der Waals surface area contributed by atoms with Gasteiger partial charge >= 0.3 is 17.9 Å². The Morgan fingerprint density at radius 2 is 1.43 bits per heavy atom. The normalized spacial score (nSPS) is 53.0. The number of ether oxygens (including phenoxy) is 8. The van der Waals surface area contributed by atoms with E-state index < -0.39 is 145 Å². The molecule has 0 amide bonds. The number of aliphatic carboxylic acids is 1. The molecule has 0 aromatic heterocycles. The SMILES string of the molecule is CC(=O)O[C@H]1CC(C)(C)C[C@@H]2C3=CC[C@@H]4[C@@]5(C)CC[C@H](O[C@@H]6O[C@H](C(=O)O)[C@@H](O)[C@H](O[C@@H]7OC[C@@H](O)[C@H](O)[C@H]7O)[C@H]6O[C@@H]6O[C@H](CO)[C@@H](O)[C@H](O)[C@H]6O)C(C)(C)[C@@H]5CC[C@@]4(C)[C@]34OC(=O)[C@]12C[C@@H]4C. The Morgan fingerprint density at radius 3 is 2.10 bits per heavy atom. The van der Waals surface area contributed by atoms with Crippen molar-refractivity contribution in [3.8, 4) is 0 Å². The van der Waals surface area contributed by atoms with E-state index in [1.54, 1.807) is 0 Å². The van der Waals surface area contributed by atoms with E-state index in [-0.39, 0.29) is 40.5 Å². The van der Waals surface area contributed by atoms with E-state index in [1.807, 2.05) is 0 Å². The monoisotopic (exact) mass is 982 g/mol. The lowest BCUT2D eigenvalue weighted by molar-refractivity contribution is -0.392. The molecule has 10 rings (SSSR count). The number of allylic oxidation sites excluding steroid dienone is 1. The van der Waals surface area contributed by atoms with Crippen LogP contribution in [0.5, 0.6) is 0 Å². The first kappa shape index (κ1) is 51.5. The summed E-state index contributed by atoms with van der Waals surface area (Å²) in [5, 5.41) is 95.9. The van der Waals surface area contributed by atoms with Gasteiger partial charge in [0.15, 0.2) is 25.0 Å². The first-order valence-electron chi connectivity index (χ1n) is 24.8. The van der Waals surface area contributed by atoms with Crippen LogP contribution in [0.25, 0.3) is 0 Å². The molecule has 5 saturated heterocycles. The lowest BCUT2D eigenvalue weighted by Gasteiger charge is -2.74. The van der Waals surface area contributed by atoms with E-state index in [4.69, 9.17) is 37.9 Å². The molecule has 0 unspecified atom stereocenters. The lowest BCUT2D eigenvalue weighted by atomic mass is 9.33. The summed E-state index contributed by atoms with van der Waals surface area (Å²) in [4.78, 5) is 40.1. The zero-order valence-corrected chi connectivity index (χ0v) is 40.7. The summed E-state index contributed by atoms with van der Waals surface area (Å²) >= 11 is 0. The maximum absolute atomic E-state index is 14.8. The van der Waals surface area contributed by atoms with Crippen LogP contribution in [0.2, 0.25) is 0 Å². The van der Waals surface area contributed by atoms with Crippen molar-refractivity contribution in [2.24, 2.45) is 50.7 Å². The van der Waals surface area contributed by atoms with Crippen LogP contribution in [0.3, 0.4) is 0 Å². The van der Waals surface area contributed by atoms with Crippen molar-refractivity contribution in [2.45, 2.75) is 211 Å². The van der Waals surface area contributed by atoms with Gasteiger partial charge in [0.2, 0.25) is 0 Å². The van der Waals surface area contributed by atoms with E-state index in [0.717, 1.165) is 18.4 Å². The zero-order valence-electron chi connectivity index (χ0n) is 40.7. The second kappa shape index (κ2) is 17.6. The van der Waals surface area contributed by atoms with Gasteiger partial charge in [-0.3, -0.25) is 9.59 Å². The zero-order chi connectivity index (χ0) is 50.3. The van der Waals surface area contributed by atoms with Gasteiger partial charge in [-0.25, -0.2) is 4.79 Å². The van der Waals surface area contributed by atoms with Gasteiger partial charge in [0.25, 0.3) is 0 Å². The quantitative estimate of drug-likeness (QED) is 0.0860. The highest BCUT2D eigenvalue weighted by atomic mass is 16.8. The fourth-order valence-corrected chi connectivity index (χ4v) is 16.0. The predicted molar refractivity (Wildman–Crippen MR) is 234 cm³/mol. The Morgan fingerprint density at radius 1 is 0.754 bits per heavy atom. The Kier molecular flexibility index (Phi) is 13.2. The fourth-order valence-electron chi connectivity index (χ4n) is 16.0. The van der Waals surface area contributed by atoms with Crippen molar-refractivity contribution in [3.05, 3.63) is 11.6 Å². The minimum absolute atomic E-state index is 0.0209. The molecule has 0 aromatic rings. The van der Waals surface area contributed by atoms with Crippen molar-refractivity contribution in [3.63, 3.8) is 0 Å². The van der Waals surface area contributed by atoms with Crippen molar-refractivity contribution < 1.29 is 98.2 Å². The molecule has 4 saturated carbocycles. The second-order valence-electron chi connectivity index (χ2n) is 23.8. The van der Waals surface area contributed by atoms with Crippen LogP contribution in [0, 0.1) is 50.7 Å². The Balaban J connectivity index is 1.03.